The van der Waals surface area contributed by atoms with Crippen molar-refractivity contribution in [1.29, 1.82) is 0 Å². The van der Waals surface area contributed by atoms with E-state index in [-0.39, 0.29) is 29.3 Å². The molecular formula is C16H15F2N3O2S. The lowest BCUT2D eigenvalue weighted by Crippen LogP contribution is -2.34. The van der Waals surface area contributed by atoms with Gasteiger partial charge in [-0.15, -0.1) is 0 Å². The highest BCUT2D eigenvalue weighted by Gasteiger charge is 2.34. The summed E-state index contributed by atoms with van der Waals surface area (Å²) in [7, 11) is 1.67. The highest BCUT2D eigenvalue weighted by molar-refractivity contribution is 7.99. The van der Waals surface area contributed by atoms with Gasteiger partial charge in [-0.3, -0.25) is 9.59 Å². The maximum Gasteiger partial charge on any atom is 0.279 e. The van der Waals surface area contributed by atoms with Crippen LogP contribution in [0.25, 0.3) is 0 Å². The van der Waals surface area contributed by atoms with E-state index >= 15 is 0 Å². The minimum atomic E-state index is -1.04. The number of nitrogens with one attached hydrogen (secondary N) is 1. The van der Waals surface area contributed by atoms with Crippen molar-refractivity contribution in [2.45, 2.75) is 24.4 Å². The number of anilines is 1. The molecule has 1 aliphatic rings. The molecule has 24 heavy (non-hydrogen) atoms. The van der Waals surface area contributed by atoms with Crippen molar-refractivity contribution in [3.8, 4) is 0 Å². The summed E-state index contributed by atoms with van der Waals surface area (Å²) in [5.74, 6) is -2.29. The van der Waals surface area contributed by atoms with Crippen LogP contribution >= 0.6 is 11.8 Å². The van der Waals surface area contributed by atoms with Crippen LogP contribution < -0.4 is 10.9 Å². The number of carbonyl (C=O) groups is 1. The lowest BCUT2D eigenvalue weighted by atomic mass is 9.86. The third-order valence-corrected chi connectivity index (χ3v) is 4.84. The van der Waals surface area contributed by atoms with Crippen LogP contribution in [-0.4, -0.2) is 21.2 Å². The Balaban J connectivity index is 2.24. The topological polar surface area (TPSA) is 64.0 Å². The number of fused-ring (bicyclic) bond motifs is 1. The Hall–Kier alpha value is -2.22. The van der Waals surface area contributed by atoms with Gasteiger partial charge >= 0.3 is 0 Å². The fourth-order valence-electron chi connectivity index (χ4n) is 2.85. The summed E-state index contributed by atoms with van der Waals surface area (Å²) in [5, 5.41) is 3.12. The van der Waals surface area contributed by atoms with Crippen LogP contribution in [0.3, 0.4) is 0 Å². The van der Waals surface area contributed by atoms with Gasteiger partial charge in [-0.2, -0.15) is 4.98 Å². The normalized spacial score (nSPS) is 16.7. The van der Waals surface area contributed by atoms with Gasteiger partial charge in [0, 0.05) is 19.4 Å². The zero-order valence-corrected chi connectivity index (χ0v) is 13.9. The molecule has 1 N–H and O–H groups in total. The molecule has 126 valence electrons. The van der Waals surface area contributed by atoms with Gasteiger partial charge in [0.15, 0.2) is 16.8 Å². The first kappa shape index (κ1) is 16.6. The van der Waals surface area contributed by atoms with E-state index in [4.69, 9.17) is 0 Å². The fourth-order valence-corrected chi connectivity index (χ4v) is 3.54. The van der Waals surface area contributed by atoms with Gasteiger partial charge in [-0.05, 0) is 17.4 Å². The molecule has 3 rings (SSSR count). The molecule has 0 unspecified atom stereocenters. The van der Waals surface area contributed by atoms with E-state index in [9.17, 15) is 18.4 Å². The van der Waals surface area contributed by atoms with E-state index in [0.29, 0.717) is 10.9 Å². The molecule has 1 aromatic carbocycles. The largest absolute Gasteiger partial charge is 0.312 e. The van der Waals surface area contributed by atoms with Crippen molar-refractivity contribution < 1.29 is 13.6 Å². The van der Waals surface area contributed by atoms with Crippen LogP contribution in [0, 0.1) is 11.6 Å². The number of aromatic nitrogens is 2. The van der Waals surface area contributed by atoms with Crippen molar-refractivity contribution in [2.75, 3.05) is 11.1 Å². The molecule has 0 bridgehead atoms. The van der Waals surface area contributed by atoms with E-state index in [1.807, 2.05) is 6.92 Å². The van der Waals surface area contributed by atoms with Gasteiger partial charge in [0.25, 0.3) is 5.56 Å². The van der Waals surface area contributed by atoms with Gasteiger partial charge in [-0.1, -0.05) is 30.8 Å². The lowest BCUT2D eigenvalue weighted by Gasteiger charge is -2.27. The monoisotopic (exact) mass is 351 g/mol. The van der Waals surface area contributed by atoms with Gasteiger partial charge in [0.1, 0.15) is 5.82 Å². The second kappa shape index (κ2) is 6.35. The number of hydrogen-bond acceptors (Lipinski definition) is 4. The predicted octanol–water partition coefficient (Wildman–Crippen LogP) is 2.64. The Kier molecular flexibility index (Phi) is 4.40. The third kappa shape index (κ3) is 2.71. The Bertz CT molecular complexity index is 882. The zero-order chi connectivity index (χ0) is 17.4. The first-order chi connectivity index (χ1) is 11.4. The minimum absolute atomic E-state index is 0.0131. The molecule has 2 aromatic rings. The fraction of sp³-hybridized carbons (Fsp3) is 0.312. The average molecular weight is 351 g/mol. The van der Waals surface area contributed by atoms with E-state index < -0.39 is 23.1 Å². The van der Waals surface area contributed by atoms with Crippen molar-refractivity contribution in [1.82, 2.24) is 9.55 Å². The molecule has 5 nitrogen and oxygen atoms in total. The van der Waals surface area contributed by atoms with Crippen molar-refractivity contribution >= 4 is 23.5 Å². The Morgan fingerprint density at radius 1 is 1.38 bits per heavy atom. The number of thioether (sulfide) groups is 1. The number of rotatable bonds is 3. The van der Waals surface area contributed by atoms with Gasteiger partial charge in [0.2, 0.25) is 5.91 Å². The number of amides is 1. The molecule has 1 amide bonds. The summed E-state index contributed by atoms with van der Waals surface area (Å²) in [4.78, 5) is 28.6. The lowest BCUT2D eigenvalue weighted by molar-refractivity contribution is -0.116. The molecule has 2 heterocycles. The zero-order valence-electron chi connectivity index (χ0n) is 13.1. The molecule has 1 aromatic heterocycles. The van der Waals surface area contributed by atoms with Gasteiger partial charge < -0.3 is 9.88 Å². The molecule has 0 aliphatic carbocycles. The minimum Gasteiger partial charge on any atom is -0.312 e. The van der Waals surface area contributed by atoms with Gasteiger partial charge in [0.05, 0.1) is 5.56 Å². The molecule has 0 saturated heterocycles. The number of nitrogens with zero attached hydrogens (tertiary/aromatic N) is 2. The van der Waals surface area contributed by atoms with Gasteiger partial charge in [-0.25, -0.2) is 8.78 Å². The van der Waals surface area contributed by atoms with Crippen molar-refractivity contribution in [3.63, 3.8) is 0 Å². The molecule has 0 spiro atoms. The highest BCUT2D eigenvalue weighted by Crippen LogP contribution is 2.37. The first-order valence-electron chi connectivity index (χ1n) is 7.41. The van der Waals surface area contributed by atoms with Crippen LogP contribution in [-0.2, 0) is 11.8 Å². The Labute approximate surface area is 141 Å². The number of halogens is 2. The summed E-state index contributed by atoms with van der Waals surface area (Å²) < 4.78 is 29.4. The number of benzene rings is 1. The SMILES string of the molecule is CCSc1nc(=O)c2c(n1C)NC(=O)C[C@H]2c1cccc(F)c1F. The van der Waals surface area contributed by atoms with Crippen molar-refractivity contribution in [2.24, 2.45) is 7.05 Å². The second-order valence-corrected chi connectivity index (χ2v) is 6.63. The van der Waals surface area contributed by atoms with Crippen LogP contribution in [0.4, 0.5) is 14.6 Å². The van der Waals surface area contributed by atoms with E-state index in [2.05, 4.69) is 10.3 Å². The summed E-state index contributed by atoms with van der Waals surface area (Å²) >= 11 is 1.36. The smallest absolute Gasteiger partial charge is 0.279 e. The number of carbonyl (C=O) groups excluding carboxylic acids is 1. The summed E-state index contributed by atoms with van der Waals surface area (Å²) in [6, 6.07) is 3.75. The molecule has 1 atom stereocenters. The number of hydrogen-bond donors (Lipinski definition) is 1. The molecule has 8 heteroatoms. The quantitative estimate of drug-likeness (QED) is 0.682. The first-order valence-corrected chi connectivity index (χ1v) is 8.40. The summed E-state index contributed by atoms with van der Waals surface area (Å²) in [5.41, 5.74) is -0.365. The molecule has 1 aliphatic heterocycles. The maximum atomic E-state index is 14.2. The molecular weight excluding hydrogens is 336 g/mol. The van der Waals surface area contributed by atoms with Crippen LogP contribution in [0.1, 0.15) is 30.4 Å². The standard InChI is InChI=1S/C16H15F2N3O2S/c1-3-24-16-20-15(23)12-9(7-11(22)19-14(12)21(16)2)8-5-4-6-10(17)13(8)18/h4-6,9H,3,7H2,1-2H3,(H,19,22)/t9-/m0/s1. The predicted molar refractivity (Wildman–Crippen MR) is 87.3 cm³/mol. The molecule has 0 radical (unpaired) electrons. The van der Waals surface area contributed by atoms with Crippen LogP contribution in [0.2, 0.25) is 0 Å². The Morgan fingerprint density at radius 3 is 2.83 bits per heavy atom. The summed E-state index contributed by atoms with van der Waals surface area (Å²) in [6.07, 6.45) is -0.134. The van der Waals surface area contributed by atoms with E-state index in [1.165, 1.54) is 23.9 Å². The van der Waals surface area contributed by atoms with Crippen LogP contribution in [0.5, 0.6) is 0 Å². The third-order valence-electron chi connectivity index (χ3n) is 3.93. The second-order valence-electron chi connectivity index (χ2n) is 5.40. The molecule has 0 fully saturated rings. The van der Waals surface area contributed by atoms with Crippen molar-refractivity contribution in [3.05, 3.63) is 51.3 Å². The summed E-state index contributed by atoms with van der Waals surface area (Å²) in [6.45, 7) is 1.92. The van der Waals surface area contributed by atoms with E-state index in [0.717, 1.165) is 6.07 Å². The maximum absolute atomic E-state index is 14.2. The van der Waals surface area contributed by atoms with Crippen LogP contribution in [0.15, 0.2) is 28.2 Å². The highest BCUT2D eigenvalue weighted by atomic mass is 32.2. The average Bonchev–Trinajstić information content (AvgIpc) is 2.54. The molecule has 0 saturated carbocycles. The van der Waals surface area contributed by atoms with E-state index in [1.54, 1.807) is 11.6 Å². The Morgan fingerprint density at radius 2 is 2.12 bits per heavy atom.